The minimum Gasteiger partial charge on any atom is -0.497 e. The molecule has 164 valence electrons. The van der Waals surface area contributed by atoms with Crippen LogP contribution in [-0.4, -0.2) is 63.4 Å². The van der Waals surface area contributed by atoms with E-state index in [1.807, 2.05) is 6.07 Å². The standard InChI is InChI=1S/C22H24N2O7/c1-27-16-5-3-14(19(10-16)28-2)11-24-17(12-29-13-21(24)25)22(26)23-15-4-6-18-20(9-15)31-8-7-30-18/h3-6,9-10,17H,7-8,11-13H2,1-2H3,(H,23,26)/t17-/m0/s1. The predicted molar refractivity (Wildman–Crippen MR) is 111 cm³/mol. The summed E-state index contributed by atoms with van der Waals surface area (Å²) in [6.45, 7) is 1.16. The Morgan fingerprint density at radius 1 is 1.10 bits per heavy atom. The van der Waals surface area contributed by atoms with Gasteiger partial charge in [0.1, 0.15) is 37.4 Å². The molecule has 2 aliphatic heterocycles. The molecule has 2 aliphatic rings. The molecule has 2 heterocycles. The van der Waals surface area contributed by atoms with Crippen molar-refractivity contribution in [3.63, 3.8) is 0 Å². The lowest BCUT2D eigenvalue weighted by Crippen LogP contribution is -2.54. The van der Waals surface area contributed by atoms with Crippen molar-refractivity contribution in [3.05, 3.63) is 42.0 Å². The molecular formula is C22H24N2O7. The minimum atomic E-state index is -0.791. The summed E-state index contributed by atoms with van der Waals surface area (Å²) in [7, 11) is 3.11. The van der Waals surface area contributed by atoms with Crippen molar-refractivity contribution in [2.45, 2.75) is 12.6 Å². The third-order valence-corrected chi connectivity index (χ3v) is 5.15. The Morgan fingerprint density at radius 2 is 1.90 bits per heavy atom. The number of carbonyl (C=O) groups is 2. The van der Waals surface area contributed by atoms with Crippen LogP contribution in [0.4, 0.5) is 5.69 Å². The second-order valence-electron chi connectivity index (χ2n) is 7.08. The van der Waals surface area contributed by atoms with Crippen LogP contribution in [0, 0.1) is 0 Å². The number of morpholine rings is 1. The van der Waals surface area contributed by atoms with Gasteiger partial charge >= 0.3 is 0 Å². The molecule has 0 unspecified atom stereocenters. The van der Waals surface area contributed by atoms with E-state index >= 15 is 0 Å². The van der Waals surface area contributed by atoms with E-state index in [9.17, 15) is 9.59 Å². The number of rotatable bonds is 6. The van der Waals surface area contributed by atoms with E-state index in [0.717, 1.165) is 5.56 Å². The maximum atomic E-state index is 13.0. The predicted octanol–water partition coefficient (Wildman–Crippen LogP) is 1.84. The number of hydrogen-bond donors (Lipinski definition) is 1. The van der Waals surface area contributed by atoms with Crippen molar-refractivity contribution < 1.29 is 33.3 Å². The molecule has 1 N–H and O–H groups in total. The van der Waals surface area contributed by atoms with Gasteiger partial charge in [0.25, 0.3) is 0 Å². The molecule has 9 heteroatoms. The van der Waals surface area contributed by atoms with Gasteiger partial charge in [0.2, 0.25) is 11.8 Å². The Labute approximate surface area is 179 Å². The van der Waals surface area contributed by atoms with Crippen LogP contribution in [-0.2, 0) is 20.9 Å². The van der Waals surface area contributed by atoms with Gasteiger partial charge in [-0.1, -0.05) is 0 Å². The van der Waals surface area contributed by atoms with Gasteiger partial charge in [0.05, 0.1) is 27.4 Å². The number of amides is 2. The molecule has 1 atom stereocenters. The van der Waals surface area contributed by atoms with E-state index in [-0.39, 0.29) is 31.6 Å². The Kier molecular flexibility index (Phi) is 6.13. The van der Waals surface area contributed by atoms with Gasteiger partial charge in [-0.2, -0.15) is 0 Å². The number of nitrogens with one attached hydrogen (secondary N) is 1. The van der Waals surface area contributed by atoms with E-state index in [1.165, 1.54) is 4.90 Å². The summed E-state index contributed by atoms with van der Waals surface area (Å²) in [6, 6.07) is 9.73. The van der Waals surface area contributed by atoms with E-state index < -0.39 is 6.04 Å². The second-order valence-corrected chi connectivity index (χ2v) is 7.08. The van der Waals surface area contributed by atoms with Crippen LogP contribution in [0.15, 0.2) is 36.4 Å². The molecule has 1 saturated heterocycles. The summed E-state index contributed by atoms with van der Waals surface area (Å²) >= 11 is 0. The zero-order chi connectivity index (χ0) is 21.8. The fraction of sp³-hybridized carbons (Fsp3) is 0.364. The summed E-state index contributed by atoms with van der Waals surface area (Å²) in [6.07, 6.45) is 0. The third-order valence-electron chi connectivity index (χ3n) is 5.15. The summed E-state index contributed by atoms with van der Waals surface area (Å²) in [5.74, 6) is 1.79. The van der Waals surface area contributed by atoms with E-state index in [0.29, 0.717) is 41.9 Å². The SMILES string of the molecule is COc1ccc(CN2C(=O)COC[C@H]2C(=O)Nc2ccc3c(c2)OCCO3)c(OC)c1. The molecule has 9 nitrogen and oxygen atoms in total. The number of methoxy groups -OCH3 is 2. The number of ether oxygens (including phenoxy) is 5. The van der Waals surface area contributed by atoms with Gasteiger partial charge in [-0.05, 0) is 24.3 Å². The van der Waals surface area contributed by atoms with Gasteiger partial charge in [-0.3, -0.25) is 9.59 Å². The van der Waals surface area contributed by atoms with Gasteiger partial charge in [-0.25, -0.2) is 0 Å². The van der Waals surface area contributed by atoms with Crippen molar-refractivity contribution in [3.8, 4) is 23.0 Å². The maximum Gasteiger partial charge on any atom is 0.249 e. The van der Waals surface area contributed by atoms with Crippen LogP contribution in [0.25, 0.3) is 0 Å². The molecule has 0 saturated carbocycles. The molecule has 4 rings (SSSR count). The highest BCUT2D eigenvalue weighted by molar-refractivity contribution is 5.98. The number of nitrogens with zero attached hydrogens (tertiary/aromatic N) is 1. The number of benzene rings is 2. The first kappa shape index (κ1) is 20.8. The molecule has 2 aromatic carbocycles. The normalized spacial score (nSPS) is 17.8. The first-order chi connectivity index (χ1) is 15.1. The van der Waals surface area contributed by atoms with Crippen LogP contribution in [0.3, 0.4) is 0 Å². The number of fused-ring (bicyclic) bond motifs is 1. The van der Waals surface area contributed by atoms with Crippen LogP contribution < -0.4 is 24.3 Å². The van der Waals surface area contributed by atoms with Crippen LogP contribution >= 0.6 is 0 Å². The summed E-state index contributed by atoms with van der Waals surface area (Å²) in [5.41, 5.74) is 1.31. The average Bonchev–Trinajstić information content (AvgIpc) is 2.80. The highest BCUT2D eigenvalue weighted by Gasteiger charge is 2.34. The lowest BCUT2D eigenvalue weighted by Gasteiger charge is -2.34. The fourth-order valence-corrected chi connectivity index (χ4v) is 3.53. The molecule has 0 aliphatic carbocycles. The molecule has 1 fully saturated rings. The summed E-state index contributed by atoms with van der Waals surface area (Å²) < 4.78 is 27.1. The van der Waals surface area contributed by atoms with E-state index in [1.54, 1.807) is 44.6 Å². The lowest BCUT2D eigenvalue weighted by molar-refractivity contribution is -0.154. The Balaban J connectivity index is 1.52. The first-order valence-electron chi connectivity index (χ1n) is 9.87. The Hall–Kier alpha value is -3.46. The molecule has 2 amide bonds. The molecule has 0 spiro atoms. The number of hydrogen-bond acceptors (Lipinski definition) is 7. The smallest absolute Gasteiger partial charge is 0.249 e. The number of carbonyl (C=O) groups excluding carboxylic acids is 2. The topological polar surface area (TPSA) is 95.6 Å². The van der Waals surface area contributed by atoms with Crippen molar-refractivity contribution in [2.75, 3.05) is 46.0 Å². The van der Waals surface area contributed by atoms with E-state index in [4.69, 9.17) is 23.7 Å². The minimum absolute atomic E-state index is 0.0771. The van der Waals surface area contributed by atoms with Crippen molar-refractivity contribution in [2.24, 2.45) is 0 Å². The molecular weight excluding hydrogens is 404 g/mol. The van der Waals surface area contributed by atoms with Crippen LogP contribution in [0.2, 0.25) is 0 Å². The zero-order valence-electron chi connectivity index (χ0n) is 17.4. The highest BCUT2D eigenvalue weighted by atomic mass is 16.6. The zero-order valence-corrected chi connectivity index (χ0v) is 17.4. The van der Waals surface area contributed by atoms with Crippen molar-refractivity contribution in [1.29, 1.82) is 0 Å². The number of anilines is 1. The largest absolute Gasteiger partial charge is 0.497 e. The molecule has 0 bridgehead atoms. The monoisotopic (exact) mass is 428 g/mol. The first-order valence-corrected chi connectivity index (χ1v) is 9.87. The van der Waals surface area contributed by atoms with Gasteiger partial charge in [-0.15, -0.1) is 0 Å². The summed E-state index contributed by atoms with van der Waals surface area (Å²) in [4.78, 5) is 27.1. The quantitative estimate of drug-likeness (QED) is 0.750. The lowest BCUT2D eigenvalue weighted by atomic mass is 10.1. The van der Waals surface area contributed by atoms with Crippen LogP contribution in [0.1, 0.15) is 5.56 Å². The van der Waals surface area contributed by atoms with Gasteiger partial charge in [0, 0.05) is 23.4 Å². The van der Waals surface area contributed by atoms with Crippen molar-refractivity contribution >= 4 is 17.5 Å². The van der Waals surface area contributed by atoms with Crippen LogP contribution in [0.5, 0.6) is 23.0 Å². The Morgan fingerprint density at radius 3 is 2.68 bits per heavy atom. The Bertz CT molecular complexity index is 978. The molecule has 31 heavy (non-hydrogen) atoms. The third kappa shape index (κ3) is 4.51. The van der Waals surface area contributed by atoms with Crippen molar-refractivity contribution in [1.82, 2.24) is 4.90 Å². The average molecular weight is 428 g/mol. The molecule has 2 aromatic rings. The molecule has 0 aromatic heterocycles. The fourth-order valence-electron chi connectivity index (χ4n) is 3.53. The van der Waals surface area contributed by atoms with Gasteiger partial charge < -0.3 is 33.9 Å². The highest BCUT2D eigenvalue weighted by Crippen LogP contribution is 2.33. The summed E-state index contributed by atoms with van der Waals surface area (Å²) in [5, 5.41) is 2.85. The maximum absolute atomic E-state index is 13.0. The van der Waals surface area contributed by atoms with Gasteiger partial charge in [0.15, 0.2) is 11.5 Å². The van der Waals surface area contributed by atoms with E-state index in [2.05, 4.69) is 5.32 Å². The second kappa shape index (κ2) is 9.13. The molecule has 0 radical (unpaired) electrons.